The normalized spacial score (nSPS) is 16.0. The van der Waals surface area contributed by atoms with Crippen molar-refractivity contribution in [1.29, 1.82) is 0 Å². The van der Waals surface area contributed by atoms with Crippen LogP contribution in [-0.4, -0.2) is 70.2 Å². The number of fused-ring (bicyclic) bond motifs is 2. The molecule has 8 heteroatoms. The van der Waals surface area contributed by atoms with Crippen molar-refractivity contribution in [2.75, 3.05) is 44.2 Å². The summed E-state index contributed by atoms with van der Waals surface area (Å²) in [5, 5.41) is 9.54. The predicted octanol–water partition coefficient (Wildman–Crippen LogP) is 4.38. The lowest BCUT2D eigenvalue weighted by Crippen LogP contribution is -2.53. The van der Waals surface area contributed by atoms with E-state index in [1.165, 1.54) is 0 Å². The van der Waals surface area contributed by atoms with Gasteiger partial charge in [-0.05, 0) is 66.6 Å². The minimum atomic E-state index is 0.0524. The maximum absolute atomic E-state index is 13.4. The minimum absolute atomic E-state index is 0.0524. The number of imidazole rings is 1. The van der Waals surface area contributed by atoms with Crippen LogP contribution in [0.15, 0.2) is 60.7 Å². The van der Waals surface area contributed by atoms with E-state index < -0.39 is 0 Å². The van der Waals surface area contributed by atoms with Crippen LogP contribution in [0.4, 0.5) is 10.5 Å². The van der Waals surface area contributed by atoms with E-state index in [1.807, 2.05) is 41.0 Å². The first-order valence-corrected chi connectivity index (χ1v) is 12.3. The van der Waals surface area contributed by atoms with Crippen molar-refractivity contribution in [3.05, 3.63) is 72.1 Å². The van der Waals surface area contributed by atoms with E-state index in [-0.39, 0.29) is 11.8 Å². The number of hydrogen-bond acceptors (Lipinski definition) is 5. The number of aromatic amines is 1. The van der Waals surface area contributed by atoms with Crippen molar-refractivity contribution in [1.82, 2.24) is 19.8 Å². The molecule has 2 aliphatic heterocycles. The van der Waals surface area contributed by atoms with Gasteiger partial charge in [0.2, 0.25) is 0 Å². The molecule has 184 valence electrons. The Labute approximate surface area is 209 Å². The number of piperazine rings is 1. The highest BCUT2D eigenvalue weighted by atomic mass is 16.5. The van der Waals surface area contributed by atoms with Gasteiger partial charge < -0.3 is 29.5 Å². The molecule has 3 aromatic carbocycles. The molecule has 3 heterocycles. The van der Waals surface area contributed by atoms with Gasteiger partial charge in [-0.15, -0.1) is 0 Å². The average molecular weight is 484 g/mol. The van der Waals surface area contributed by atoms with Crippen molar-refractivity contribution < 1.29 is 14.6 Å². The van der Waals surface area contributed by atoms with Gasteiger partial charge in [0.15, 0.2) is 0 Å². The molecule has 2 N–H and O–H groups in total. The number of ether oxygens (including phenoxy) is 1. The summed E-state index contributed by atoms with van der Waals surface area (Å²) in [6.07, 6.45) is 0. The summed E-state index contributed by atoms with van der Waals surface area (Å²) >= 11 is 0. The molecule has 0 atom stereocenters. The predicted molar refractivity (Wildman–Crippen MR) is 139 cm³/mol. The number of amides is 2. The summed E-state index contributed by atoms with van der Waals surface area (Å²) in [4.78, 5) is 27.3. The van der Waals surface area contributed by atoms with Gasteiger partial charge in [-0.3, -0.25) is 0 Å². The minimum Gasteiger partial charge on any atom is -0.508 e. The molecule has 4 aromatic rings. The molecule has 0 radical (unpaired) electrons. The van der Waals surface area contributed by atoms with Gasteiger partial charge in [0.05, 0.1) is 24.1 Å². The van der Waals surface area contributed by atoms with Crippen LogP contribution >= 0.6 is 0 Å². The van der Waals surface area contributed by atoms with E-state index >= 15 is 0 Å². The quantitative estimate of drug-likeness (QED) is 0.442. The number of hydrogen-bond donors (Lipinski definition) is 2. The van der Waals surface area contributed by atoms with Crippen molar-refractivity contribution in [2.45, 2.75) is 13.5 Å². The number of anilines is 1. The zero-order valence-corrected chi connectivity index (χ0v) is 20.3. The number of nitrogens with one attached hydrogen (secondary N) is 1. The number of rotatable bonds is 2. The number of phenolic OH excluding ortho intramolecular Hbond substituents is 1. The Kier molecular flexibility index (Phi) is 5.64. The highest BCUT2D eigenvalue weighted by Gasteiger charge is 2.27. The summed E-state index contributed by atoms with van der Waals surface area (Å²) in [6.45, 7) is 6.35. The van der Waals surface area contributed by atoms with Crippen molar-refractivity contribution in [3.8, 4) is 22.6 Å². The fourth-order valence-corrected chi connectivity index (χ4v) is 5.07. The average Bonchev–Trinajstić information content (AvgIpc) is 3.14. The van der Waals surface area contributed by atoms with Crippen LogP contribution in [0.3, 0.4) is 0 Å². The summed E-state index contributed by atoms with van der Waals surface area (Å²) in [6, 6.07) is 19.7. The number of phenols is 1. The fourth-order valence-electron chi connectivity index (χ4n) is 5.07. The molecule has 0 unspecified atom stereocenters. The third-order valence-electron chi connectivity index (χ3n) is 7.01. The maximum atomic E-state index is 13.4. The highest BCUT2D eigenvalue weighted by Crippen LogP contribution is 2.31. The summed E-state index contributed by atoms with van der Waals surface area (Å²) in [5.74, 6) is 2.00. The first kappa shape index (κ1) is 22.3. The first-order valence-electron chi connectivity index (χ1n) is 12.3. The molecule has 2 aliphatic rings. The molecule has 1 saturated heterocycles. The Morgan fingerprint density at radius 1 is 0.917 bits per heavy atom. The number of aromatic hydroxyl groups is 1. The van der Waals surface area contributed by atoms with Crippen LogP contribution in [0.5, 0.6) is 11.5 Å². The van der Waals surface area contributed by atoms with E-state index in [1.54, 1.807) is 12.1 Å². The second-order valence-corrected chi connectivity index (χ2v) is 9.42. The monoisotopic (exact) mass is 483 g/mol. The van der Waals surface area contributed by atoms with E-state index in [0.717, 1.165) is 58.1 Å². The van der Waals surface area contributed by atoms with Gasteiger partial charge in [-0.1, -0.05) is 12.1 Å². The lowest BCUT2D eigenvalue weighted by atomic mass is 10.0. The number of aryl methyl sites for hydroxylation is 1. The topological polar surface area (TPSA) is 84.9 Å². The molecular formula is C28H29N5O3. The second kappa shape index (κ2) is 9.11. The summed E-state index contributed by atoms with van der Waals surface area (Å²) in [7, 11) is 0. The first-order chi connectivity index (χ1) is 17.5. The zero-order valence-electron chi connectivity index (χ0n) is 20.3. The Morgan fingerprint density at radius 2 is 1.67 bits per heavy atom. The molecule has 6 rings (SSSR count). The molecule has 0 saturated carbocycles. The van der Waals surface area contributed by atoms with Gasteiger partial charge in [0.25, 0.3) is 0 Å². The third kappa shape index (κ3) is 4.30. The van der Waals surface area contributed by atoms with Crippen molar-refractivity contribution in [2.24, 2.45) is 0 Å². The Morgan fingerprint density at radius 3 is 2.47 bits per heavy atom. The lowest BCUT2D eigenvalue weighted by Gasteiger charge is -2.38. The van der Waals surface area contributed by atoms with Crippen LogP contribution in [-0.2, 0) is 6.54 Å². The molecular weight excluding hydrogens is 454 g/mol. The lowest BCUT2D eigenvalue weighted by molar-refractivity contribution is 0.143. The Balaban J connectivity index is 1.17. The molecule has 0 spiro atoms. The van der Waals surface area contributed by atoms with Crippen LogP contribution < -0.4 is 9.64 Å². The third-order valence-corrected chi connectivity index (χ3v) is 7.01. The molecule has 0 aliphatic carbocycles. The Hall–Kier alpha value is -4.20. The number of urea groups is 1. The number of aromatic nitrogens is 2. The largest absolute Gasteiger partial charge is 0.508 e. The van der Waals surface area contributed by atoms with Crippen LogP contribution in [0.2, 0.25) is 0 Å². The van der Waals surface area contributed by atoms with Gasteiger partial charge in [0.1, 0.15) is 23.9 Å². The van der Waals surface area contributed by atoms with Crippen LogP contribution in [0.1, 0.15) is 11.4 Å². The van der Waals surface area contributed by atoms with Gasteiger partial charge in [-0.25, -0.2) is 9.78 Å². The number of H-pyrrole nitrogens is 1. The molecule has 2 amide bonds. The maximum Gasteiger partial charge on any atom is 0.320 e. The number of carbonyl (C=O) groups is 1. The van der Waals surface area contributed by atoms with E-state index in [2.05, 4.69) is 39.1 Å². The van der Waals surface area contributed by atoms with Crippen LogP contribution in [0.25, 0.3) is 22.2 Å². The van der Waals surface area contributed by atoms with Gasteiger partial charge >= 0.3 is 6.03 Å². The summed E-state index contributed by atoms with van der Waals surface area (Å²) in [5.41, 5.74) is 6.23. The summed E-state index contributed by atoms with van der Waals surface area (Å²) < 4.78 is 6.01. The van der Waals surface area contributed by atoms with Crippen molar-refractivity contribution >= 4 is 22.8 Å². The van der Waals surface area contributed by atoms with Crippen molar-refractivity contribution in [3.63, 3.8) is 0 Å². The SMILES string of the molecule is Cc1nc2ccc(-c3ccc4c(c3)CN(C(=O)N3CCN(c5ccc(O)cc5)CC3)CCO4)cc2[nH]1. The Bertz CT molecular complexity index is 1410. The number of nitrogens with zero attached hydrogens (tertiary/aromatic N) is 4. The van der Waals surface area contributed by atoms with Crippen LogP contribution in [0, 0.1) is 6.92 Å². The molecule has 8 nitrogen and oxygen atoms in total. The second-order valence-electron chi connectivity index (χ2n) is 9.42. The van der Waals surface area contributed by atoms with Gasteiger partial charge in [0, 0.05) is 37.4 Å². The smallest absolute Gasteiger partial charge is 0.320 e. The highest BCUT2D eigenvalue weighted by molar-refractivity contribution is 5.82. The van der Waals surface area contributed by atoms with E-state index in [0.29, 0.717) is 32.8 Å². The standard InChI is InChI=1S/C28H29N5O3/c1-19-29-25-8-2-21(17-26(25)30-19)20-3-9-27-22(16-20)18-33(14-15-36-27)28(35)32-12-10-31(11-13-32)23-4-6-24(34)7-5-23/h2-9,16-17,34H,10-15,18H2,1H3,(H,29,30). The molecule has 36 heavy (non-hydrogen) atoms. The van der Waals surface area contributed by atoms with E-state index in [4.69, 9.17) is 4.74 Å². The van der Waals surface area contributed by atoms with Gasteiger partial charge in [-0.2, -0.15) is 0 Å². The van der Waals surface area contributed by atoms with E-state index in [9.17, 15) is 9.90 Å². The zero-order chi connectivity index (χ0) is 24.6. The molecule has 0 bridgehead atoms. The molecule has 1 fully saturated rings. The number of benzene rings is 3. The number of carbonyl (C=O) groups excluding carboxylic acids is 1. The fraction of sp³-hybridized carbons (Fsp3) is 0.286. The molecule has 1 aromatic heterocycles.